The van der Waals surface area contributed by atoms with Crippen molar-refractivity contribution in [2.45, 2.75) is 33.1 Å². The molecule has 3 heterocycles. The smallest absolute Gasteiger partial charge is 0.292 e. The van der Waals surface area contributed by atoms with E-state index in [0.717, 1.165) is 17.5 Å². The number of amides is 2. The molecule has 3 aromatic heterocycles. The summed E-state index contributed by atoms with van der Waals surface area (Å²) in [5.41, 5.74) is 6.12. The van der Waals surface area contributed by atoms with Gasteiger partial charge in [0, 0.05) is 41.7 Å². The molecule has 0 atom stereocenters. The Morgan fingerprint density at radius 3 is 2.63 bits per heavy atom. The van der Waals surface area contributed by atoms with Gasteiger partial charge in [0.2, 0.25) is 0 Å². The molecule has 0 unspecified atom stereocenters. The van der Waals surface area contributed by atoms with Crippen molar-refractivity contribution < 1.29 is 14.0 Å². The number of nitrogens with zero attached hydrogens (tertiary/aromatic N) is 3. The van der Waals surface area contributed by atoms with E-state index < -0.39 is 0 Å². The molecule has 0 bridgehead atoms. The van der Waals surface area contributed by atoms with Gasteiger partial charge in [0.1, 0.15) is 11.6 Å². The summed E-state index contributed by atoms with van der Waals surface area (Å²) < 4.78 is 5.89. The monoisotopic (exact) mass is 403 g/mol. The third-order valence-corrected chi connectivity index (χ3v) is 5.01. The Morgan fingerprint density at radius 2 is 1.87 bits per heavy atom. The van der Waals surface area contributed by atoms with Crippen molar-refractivity contribution in [1.29, 1.82) is 0 Å². The van der Waals surface area contributed by atoms with Crippen LogP contribution in [0.25, 0.3) is 0 Å². The summed E-state index contributed by atoms with van der Waals surface area (Å²) in [7, 11) is 0. The molecule has 30 heavy (non-hydrogen) atoms. The number of pyridine rings is 2. The van der Waals surface area contributed by atoms with Crippen LogP contribution >= 0.6 is 0 Å². The van der Waals surface area contributed by atoms with E-state index in [9.17, 15) is 9.59 Å². The van der Waals surface area contributed by atoms with Gasteiger partial charge in [0.25, 0.3) is 11.8 Å². The van der Waals surface area contributed by atoms with Gasteiger partial charge in [0.05, 0.1) is 5.71 Å². The summed E-state index contributed by atoms with van der Waals surface area (Å²) in [5, 5.41) is 7.13. The van der Waals surface area contributed by atoms with E-state index in [-0.39, 0.29) is 17.6 Å². The standard InChI is InChI=1S/C22H21N5O3/c1-13-5-4-10-24-20(13)25-22(29)19-14(2)18-16(6-3-7-17(18)30-19)26-27-21(28)15-8-11-23-12-9-15/h4-5,8-12H,3,6-7H2,1-2H3,(H,27,28)(H,24,25,29)/b26-16+. The largest absolute Gasteiger partial charge is 0.455 e. The van der Waals surface area contributed by atoms with Crippen LogP contribution in [0.2, 0.25) is 0 Å². The number of hydrogen-bond donors (Lipinski definition) is 2. The van der Waals surface area contributed by atoms with Crippen LogP contribution in [0.3, 0.4) is 0 Å². The number of carbonyl (C=O) groups excluding carboxylic acids is 2. The number of hydrogen-bond acceptors (Lipinski definition) is 6. The van der Waals surface area contributed by atoms with Gasteiger partial charge >= 0.3 is 0 Å². The molecule has 1 aliphatic rings. The molecule has 152 valence electrons. The number of furan rings is 1. The lowest BCUT2D eigenvalue weighted by molar-refractivity contribution is 0.0953. The fourth-order valence-corrected chi connectivity index (χ4v) is 3.46. The summed E-state index contributed by atoms with van der Waals surface area (Å²) in [5.74, 6) is 0.763. The van der Waals surface area contributed by atoms with Crippen LogP contribution in [0.4, 0.5) is 5.82 Å². The number of hydrazone groups is 1. The fraction of sp³-hybridized carbons (Fsp3) is 0.227. The SMILES string of the molecule is Cc1cccnc1NC(=O)c1oc2c(c1C)/C(=N/NC(=O)c1ccncc1)CCC2. The van der Waals surface area contributed by atoms with Gasteiger partial charge in [0.15, 0.2) is 5.76 Å². The first-order valence-corrected chi connectivity index (χ1v) is 9.67. The zero-order valence-corrected chi connectivity index (χ0v) is 16.7. The highest BCUT2D eigenvalue weighted by molar-refractivity contribution is 6.09. The van der Waals surface area contributed by atoms with Gasteiger partial charge in [-0.05, 0) is 50.5 Å². The van der Waals surface area contributed by atoms with Crippen LogP contribution in [-0.2, 0) is 6.42 Å². The Kier molecular flexibility index (Phi) is 5.38. The fourth-order valence-electron chi connectivity index (χ4n) is 3.46. The van der Waals surface area contributed by atoms with Crippen molar-refractivity contribution in [3.05, 3.63) is 76.6 Å². The molecular formula is C22H21N5O3. The van der Waals surface area contributed by atoms with E-state index in [4.69, 9.17) is 4.42 Å². The zero-order chi connectivity index (χ0) is 21.1. The summed E-state index contributed by atoms with van der Waals surface area (Å²) in [6, 6.07) is 6.92. The molecule has 0 aromatic carbocycles. The van der Waals surface area contributed by atoms with E-state index in [0.29, 0.717) is 41.3 Å². The van der Waals surface area contributed by atoms with Gasteiger partial charge in [-0.1, -0.05) is 6.07 Å². The lowest BCUT2D eigenvalue weighted by atomic mass is 9.93. The number of carbonyl (C=O) groups is 2. The van der Waals surface area contributed by atoms with Crippen molar-refractivity contribution in [3.8, 4) is 0 Å². The van der Waals surface area contributed by atoms with Crippen LogP contribution in [0.1, 0.15) is 56.2 Å². The summed E-state index contributed by atoms with van der Waals surface area (Å²) >= 11 is 0. The predicted octanol–water partition coefficient (Wildman–Crippen LogP) is 3.41. The zero-order valence-electron chi connectivity index (χ0n) is 16.7. The summed E-state index contributed by atoms with van der Waals surface area (Å²) in [6.07, 6.45) is 6.95. The normalized spacial score (nSPS) is 14.3. The number of nitrogens with one attached hydrogen (secondary N) is 2. The van der Waals surface area contributed by atoms with E-state index >= 15 is 0 Å². The number of rotatable bonds is 4. The maximum atomic E-state index is 12.8. The lowest BCUT2D eigenvalue weighted by Crippen LogP contribution is -2.22. The molecule has 2 amide bonds. The Bertz CT molecular complexity index is 1130. The third kappa shape index (κ3) is 3.84. The molecule has 8 nitrogen and oxygen atoms in total. The molecule has 0 fully saturated rings. The maximum absolute atomic E-state index is 12.8. The minimum Gasteiger partial charge on any atom is -0.455 e. The lowest BCUT2D eigenvalue weighted by Gasteiger charge is -2.13. The van der Waals surface area contributed by atoms with Crippen LogP contribution < -0.4 is 10.7 Å². The molecule has 4 rings (SSSR count). The Labute approximate surface area is 173 Å². The number of aryl methyl sites for hydroxylation is 2. The molecule has 2 N–H and O–H groups in total. The van der Waals surface area contributed by atoms with Gasteiger partial charge in [-0.3, -0.25) is 14.6 Å². The highest BCUT2D eigenvalue weighted by atomic mass is 16.4. The minimum absolute atomic E-state index is 0.236. The van der Waals surface area contributed by atoms with E-state index in [2.05, 4.69) is 25.8 Å². The first-order valence-electron chi connectivity index (χ1n) is 9.67. The van der Waals surface area contributed by atoms with Crippen LogP contribution in [0.5, 0.6) is 0 Å². The van der Waals surface area contributed by atoms with Crippen molar-refractivity contribution in [3.63, 3.8) is 0 Å². The average molecular weight is 403 g/mol. The number of aromatic nitrogens is 2. The molecule has 8 heteroatoms. The first-order chi connectivity index (χ1) is 14.5. The Hall–Kier alpha value is -3.81. The topological polar surface area (TPSA) is 109 Å². The van der Waals surface area contributed by atoms with Gasteiger partial charge in [-0.2, -0.15) is 5.10 Å². The molecule has 1 aliphatic carbocycles. The van der Waals surface area contributed by atoms with E-state index in [1.807, 2.05) is 26.0 Å². The van der Waals surface area contributed by atoms with Crippen LogP contribution in [0, 0.1) is 13.8 Å². The average Bonchev–Trinajstić information content (AvgIpc) is 3.11. The molecule has 0 saturated heterocycles. The van der Waals surface area contributed by atoms with Crippen molar-refractivity contribution >= 4 is 23.3 Å². The van der Waals surface area contributed by atoms with Crippen molar-refractivity contribution in [2.24, 2.45) is 5.10 Å². The van der Waals surface area contributed by atoms with Gasteiger partial charge in [-0.25, -0.2) is 10.4 Å². The maximum Gasteiger partial charge on any atom is 0.292 e. The summed E-state index contributed by atoms with van der Waals surface area (Å²) in [6.45, 7) is 3.70. The minimum atomic E-state index is -0.358. The van der Waals surface area contributed by atoms with Crippen LogP contribution in [-0.4, -0.2) is 27.5 Å². The molecule has 3 aromatic rings. The number of fused-ring (bicyclic) bond motifs is 1. The second kappa shape index (κ2) is 8.28. The van der Waals surface area contributed by atoms with Crippen molar-refractivity contribution in [2.75, 3.05) is 5.32 Å². The Balaban J connectivity index is 1.58. The van der Waals surface area contributed by atoms with Gasteiger partial charge < -0.3 is 9.73 Å². The third-order valence-electron chi connectivity index (χ3n) is 5.01. The quantitative estimate of drug-likeness (QED) is 0.649. The summed E-state index contributed by atoms with van der Waals surface area (Å²) in [4.78, 5) is 33.2. The number of anilines is 1. The molecule has 0 saturated carbocycles. The second-order valence-electron chi connectivity index (χ2n) is 7.07. The predicted molar refractivity (Wildman–Crippen MR) is 112 cm³/mol. The van der Waals surface area contributed by atoms with E-state index in [1.165, 1.54) is 0 Å². The van der Waals surface area contributed by atoms with E-state index in [1.54, 1.807) is 30.7 Å². The molecule has 0 aliphatic heterocycles. The molecular weight excluding hydrogens is 382 g/mol. The van der Waals surface area contributed by atoms with Crippen LogP contribution in [0.15, 0.2) is 52.4 Å². The second-order valence-corrected chi connectivity index (χ2v) is 7.07. The Morgan fingerprint density at radius 1 is 1.07 bits per heavy atom. The molecule has 0 spiro atoms. The van der Waals surface area contributed by atoms with Crippen molar-refractivity contribution in [1.82, 2.24) is 15.4 Å². The highest BCUT2D eigenvalue weighted by Crippen LogP contribution is 2.30. The highest BCUT2D eigenvalue weighted by Gasteiger charge is 2.28. The first kappa shape index (κ1) is 19.5. The van der Waals surface area contributed by atoms with Gasteiger partial charge in [-0.15, -0.1) is 0 Å². The molecule has 0 radical (unpaired) electrons.